The van der Waals surface area contributed by atoms with Gasteiger partial charge in [-0.2, -0.15) is 18.4 Å². The molecular formula is C19H22F3N3O2. The fourth-order valence-corrected chi connectivity index (χ4v) is 2.66. The Kier molecular flexibility index (Phi) is 7.82. The van der Waals surface area contributed by atoms with Gasteiger partial charge in [-0.05, 0) is 23.8 Å². The highest BCUT2D eigenvalue weighted by molar-refractivity contribution is 5.91. The highest BCUT2D eigenvalue weighted by atomic mass is 19.4. The number of benzene rings is 1. The number of nitriles is 1. The van der Waals surface area contributed by atoms with Crippen molar-refractivity contribution in [2.75, 3.05) is 45.9 Å². The summed E-state index contributed by atoms with van der Waals surface area (Å²) in [5.74, 6) is -0.265. The predicted octanol–water partition coefficient (Wildman–Crippen LogP) is 2.79. The molecular weight excluding hydrogens is 359 g/mol. The lowest BCUT2D eigenvalue weighted by Gasteiger charge is -2.29. The molecule has 5 nitrogen and oxygen atoms in total. The molecule has 146 valence electrons. The number of hydrogen-bond acceptors (Lipinski definition) is 4. The third kappa shape index (κ3) is 7.04. The zero-order valence-electron chi connectivity index (χ0n) is 14.9. The van der Waals surface area contributed by atoms with Crippen LogP contribution in [0, 0.1) is 11.3 Å². The van der Waals surface area contributed by atoms with Crippen LogP contribution in [0.2, 0.25) is 0 Å². The molecule has 0 bridgehead atoms. The summed E-state index contributed by atoms with van der Waals surface area (Å²) in [5, 5.41) is 8.79. The number of ether oxygens (including phenoxy) is 1. The summed E-state index contributed by atoms with van der Waals surface area (Å²) in [6, 6.07) is 6.63. The second kappa shape index (κ2) is 10.1. The molecule has 1 aromatic carbocycles. The van der Waals surface area contributed by atoms with Gasteiger partial charge in [0.2, 0.25) is 5.91 Å². The lowest BCUT2D eigenvalue weighted by atomic mass is 10.1. The van der Waals surface area contributed by atoms with Crippen LogP contribution >= 0.6 is 0 Å². The molecule has 1 aromatic rings. The van der Waals surface area contributed by atoms with Gasteiger partial charge >= 0.3 is 6.18 Å². The lowest BCUT2D eigenvalue weighted by Crippen LogP contribution is -2.43. The summed E-state index contributed by atoms with van der Waals surface area (Å²) in [6.45, 7) is 4.44. The van der Waals surface area contributed by atoms with Gasteiger partial charge in [0.25, 0.3) is 0 Å². The first kappa shape index (κ1) is 20.9. The predicted molar refractivity (Wildman–Crippen MR) is 94.5 cm³/mol. The molecule has 0 atom stereocenters. The third-order valence-electron chi connectivity index (χ3n) is 4.25. The Labute approximate surface area is 156 Å². The van der Waals surface area contributed by atoms with Crippen LogP contribution in [0.4, 0.5) is 13.2 Å². The number of hydrogen-bond donors (Lipinski definition) is 0. The van der Waals surface area contributed by atoms with E-state index in [0.717, 1.165) is 25.2 Å². The number of nitrogens with zero attached hydrogens (tertiary/aromatic N) is 3. The first-order chi connectivity index (χ1) is 12.9. The maximum absolute atomic E-state index is 12.6. The van der Waals surface area contributed by atoms with E-state index in [-0.39, 0.29) is 12.3 Å². The van der Waals surface area contributed by atoms with Crippen molar-refractivity contribution in [2.24, 2.45) is 0 Å². The van der Waals surface area contributed by atoms with Crippen molar-refractivity contribution in [3.05, 3.63) is 41.5 Å². The first-order valence-corrected chi connectivity index (χ1v) is 8.71. The van der Waals surface area contributed by atoms with Crippen LogP contribution in [0.3, 0.4) is 0 Å². The summed E-state index contributed by atoms with van der Waals surface area (Å²) in [5.41, 5.74) is -0.225. The fourth-order valence-electron chi connectivity index (χ4n) is 2.66. The fraction of sp³-hybridized carbons (Fsp3) is 0.474. The molecule has 1 fully saturated rings. The van der Waals surface area contributed by atoms with Crippen LogP contribution in [-0.2, 0) is 15.7 Å². The molecule has 0 radical (unpaired) electrons. The summed E-state index contributed by atoms with van der Waals surface area (Å²) >= 11 is 0. The van der Waals surface area contributed by atoms with Crippen LogP contribution in [0.25, 0.3) is 6.08 Å². The summed E-state index contributed by atoms with van der Waals surface area (Å²) in [7, 11) is 0. The number of alkyl halides is 3. The molecule has 1 amide bonds. The van der Waals surface area contributed by atoms with E-state index in [0.29, 0.717) is 38.4 Å². The summed E-state index contributed by atoms with van der Waals surface area (Å²) in [4.78, 5) is 16.2. The molecule has 27 heavy (non-hydrogen) atoms. The van der Waals surface area contributed by atoms with Gasteiger partial charge < -0.3 is 9.64 Å². The summed E-state index contributed by atoms with van der Waals surface area (Å²) < 4.78 is 43.0. The van der Waals surface area contributed by atoms with Gasteiger partial charge in [0.1, 0.15) is 0 Å². The van der Waals surface area contributed by atoms with Crippen LogP contribution in [0.1, 0.15) is 17.5 Å². The van der Waals surface area contributed by atoms with Crippen molar-refractivity contribution in [3.63, 3.8) is 0 Å². The molecule has 1 aliphatic rings. The van der Waals surface area contributed by atoms with E-state index in [1.165, 1.54) is 24.3 Å². The van der Waals surface area contributed by atoms with E-state index >= 15 is 0 Å². The van der Waals surface area contributed by atoms with Crippen molar-refractivity contribution >= 4 is 12.0 Å². The molecule has 0 unspecified atom stereocenters. The zero-order chi connectivity index (χ0) is 19.7. The van der Waals surface area contributed by atoms with E-state index in [1.807, 2.05) is 6.07 Å². The number of rotatable bonds is 7. The van der Waals surface area contributed by atoms with E-state index in [1.54, 1.807) is 4.90 Å². The van der Waals surface area contributed by atoms with Gasteiger partial charge in [-0.15, -0.1) is 0 Å². The van der Waals surface area contributed by atoms with Gasteiger partial charge in [-0.1, -0.05) is 12.1 Å². The van der Waals surface area contributed by atoms with Crippen molar-refractivity contribution in [1.29, 1.82) is 5.26 Å². The normalized spacial score (nSPS) is 15.6. The molecule has 1 heterocycles. The van der Waals surface area contributed by atoms with E-state index in [4.69, 9.17) is 10.00 Å². The standard InChI is InChI=1S/C19H22F3N3O2/c20-19(21,22)17-5-2-16(3-6-17)4-7-18(26)25(9-1-8-23)11-10-24-12-14-27-15-13-24/h2-7H,1,9-15H2. The average Bonchev–Trinajstić information content (AvgIpc) is 2.66. The number of morpholine rings is 1. The Bertz CT molecular complexity index is 675. The average molecular weight is 381 g/mol. The van der Waals surface area contributed by atoms with Gasteiger partial charge in [0, 0.05) is 38.8 Å². The Morgan fingerprint density at radius 2 is 1.89 bits per heavy atom. The minimum absolute atomic E-state index is 0.225. The van der Waals surface area contributed by atoms with Crippen LogP contribution in [-0.4, -0.2) is 61.6 Å². The van der Waals surface area contributed by atoms with Gasteiger partial charge in [0.15, 0.2) is 0 Å². The topological polar surface area (TPSA) is 56.6 Å². The Morgan fingerprint density at radius 3 is 2.48 bits per heavy atom. The molecule has 1 aliphatic heterocycles. The number of carbonyl (C=O) groups excluding carboxylic acids is 1. The SMILES string of the molecule is N#CCCN(CCN1CCOCC1)C(=O)C=Cc1ccc(C(F)(F)F)cc1. The third-order valence-corrected chi connectivity index (χ3v) is 4.25. The first-order valence-electron chi connectivity index (χ1n) is 8.71. The van der Waals surface area contributed by atoms with Crippen molar-refractivity contribution < 1.29 is 22.7 Å². The van der Waals surface area contributed by atoms with Gasteiger partial charge in [-0.3, -0.25) is 9.69 Å². The maximum Gasteiger partial charge on any atom is 0.416 e. The van der Waals surface area contributed by atoms with Gasteiger partial charge in [-0.25, -0.2) is 0 Å². The van der Waals surface area contributed by atoms with Crippen molar-refractivity contribution in [2.45, 2.75) is 12.6 Å². The highest BCUT2D eigenvalue weighted by Gasteiger charge is 2.29. The highest BCUT2D eigenvalue weighted by Crippen LogP contribution is 2.29. The number of amides is 1. The second-order valence-corrected chi connectivity index (χ2v) is 6.14. The van der Waals surface area contributed by atoms with E-state index in [2.05, 4.69) is 4.90 Å². The molecule has 2 rings (SSSR count). The minimum atomic E-state index is -4.38. The quantitative estimate of drug-likeness (QED) is 0.682. The molecule has 0 aliphatic carbocycles. The Balaban J connectivity index is 1.95. The minimum Gasteiger partial charge on any atom is -0.379 e. The van der Waals surface area contributed by atoms with Crippen LogP contribution < -0.4 is 0 Å². The molecule has 8 heteroatoms. The monoisotopic (exact) mass is 381 g/mol. The maximum atomic E-state index is 12.6. The zero-order valence-corrected chi connectivity index (χ0v) is 14.9. The van der Waals surface area contributed by atoms with E-state index < -0.39 is 11.7 Å². The van der Waals surface area contributed by atoms with Crippen LogP contribution in [0.15, 0.2) is 30.3 Å². The number of carbonyl (C=O) groups is 1. The second-order valence-electron chi connectivity index (χ2n) is 6.14. The molecule has 1 saturated heterocycles. The van der Waals surface area contributed by atoms with Crippen LogP contribution in [0.5, 0.6) is 0 Å². The molecule has 0 N–H and O–H groups in total. The van der Waals surface area contributed by atoms with E-state index in [9.17, 15) is 18.0 Å². The van der Waals surface area contributed by atoms with Crippen molar-refractivity contribution in [3.8, 4) is 6.07 Å². The van der Waals surface area contributed by atoms with Gasteiger partial charge in [0.05, 0.1) is 31.3 Å². The smallest absolute Gasteiger partial charge is 0.379 e. The number of halogens is 3. The Hall–Kier alpha value is -2.37. The van der Waals surface area contributed by atoms with Crippen molar-refractivity contribution in [1.82, 2.24) is 9.80 Å². The largest absolute Gasteiger partial charge is 0.416 e. The Morgan fingerprint density at radius 1 is 1.22 bits per heavy atom. The molecule has 0 spiro atoms. The summed E-state index contributed by atoms with van der Waals surface area (Å²) in [6.07, 6.45) is -1.34. The lowest BCUT2D eigenvalue weighted by molar-refractivity contribution is -0.137. The molecule has 0 aromatic heterocycles. The molecule has 0 saturated carbocycles.